The molecule has 1 N–H and O–H groups in total. The number of halogens is 1. The van der Waals surface area contributed by atoms with Crippen molar-refractivity contribution in [3.8, 4) is 0 Å². The lowest BCUT2D eigenvalue weighted by Crippen LogP contribution is -2.04. The van der Waals surface area contributed by atoms with Gasteiger partial charge in [-0.3, -0.25) is 0 Å². The first-order chi connectivity index (χ1) is 8.70. The van der Waals surface area contributed by atoms with Crippen LogP contribution in [0.25, 0.3) is 0 Å². The van der Waals surface area contributed by atoms with Crippen LogP contribution in [0.15, 0.2) is 22.7 Å². The summed E-state index contributed by atoms with van der Waals surface area (Å²) in [4.78, 5) is 12.6. The molecule has 2 rings (SSSR count). The molecule has 0 atom stereocenters. The molecular weight excluding hydrogens is 272 g/mol. The fourth-order valence-corrected chi connectivity index (χ4v) is 2.15. The van der Waals surface area contributed by atoms with Gasteiger partial charge in [-0.2, -0.15) is 5.10 Å². The second-order valence-corrected chi connectivity index (χ2v) is 4.90. The highest BCUT2D eigenvalue weighted by Crippen LogP contribution is 2.29. The molecule has 0 amide bonds. The molecule has 0 radical (unpaired) electrons. The molecule has 18 heavy (non-hydrogen) atoms. The zero-order valence-corrected chi connectivity index (χ0v) is 11.7. The van der Waals surface area contributed by atoms with Crippen LogP contribution < -0.4 is 5.32 Å². The highest BCUT2D eigenvalue weighted by Gasteiger charge is 2.10. The molecule has 0 saturated carbocycles. The summed E-state index contributed by atoms with van der Waals surface area (Å²) in [6.45, 7) is 2.91. The van der Waals surface area contributed by atoms with Crippen molar-refractivity contribution in [3.63, 3.8) is 0 Å². The molecule has 0 unspecified atom stereocenters. The molecule has 0 aliphatic rings. The molecule has 0 fully saturated rings. The van der Waals surface area contributed by atoms with Crippen LogP contribution in [0, 0.1) is 0 Å². The van der Waals surface area contributed by atoms with Crippen molar-refractivity contribution < 1.29 is 0 Å². The first-order valence-electron chi connectivity index (χ1n) is 5.49. The van der Waals surface area contributed by atoms with Crippen LogP contribution in [-0.2, 0) is 7.05 Å². The van der Waals surface area contributed by atoms with E-state index >= 15 is 0 Å². The molecule has 8 heteroatoms. The summed E-state index contributed by atoms with van der Waals surface area (Å²) >= 11 is 7.43. The van der Waals surface area contributed by atoms with Crippen molar-refractivity contribution in [2.24, 2.45) is 7.05 Å². The first-order valence-corrected chi connectivity index (χ1v) is 6.68. The Morgan fingerprint density at radius 1 is 1.44 bits per heavy atom. The second-order valence-electron chi connectivity index (χ2n) is 3.54. The summed E-state index contributed by atoms with van der Waals surface area (Å²) in [6, 6.07) is 0. The van der Waals surface area contributed by atoms with E-state index in [1.807, 2.05) is 7.05 Å². The Labute approximate surface area is 114 Å². The summed E-state index contributed by atoms with van der Waals surface area (Å²) in [6.07, 6.45) is 4.09. The fraction of sp³-hybridized carbons (Fsp3) is 0.400. The van der Waals surface area contributed by atoms with Crippen LogP contribution in [0.1, 0.15) is 13.3 Å². The van der Waals surface area contributed by atoms with Crippen LogP contribution in [0.2, 0.25) is 5.02 Å². The maximum atomic E-state index is 6.07. The molecular formula is C10H13ClN6S. The summed E-state index contributed by atoms with van der Waals surface area (Å²) < 4.78 is 1.67. The lowest BCUT2D eigenvalue weighted by atomic mass is 10.5. The summed E-state index contributed by atoms with van der Waals surface area (Å²) in [7, 11) is 1.82. The summed E-state index contributed by atoms with van der Waals surface area (Å²) in [5, 5.41) is 9.02. The van der Waals surface area contributed by atoms with Gasteiger partial charge in [0.2, 0.25) is 5.95 Å². The van der Waals surface area contributed by atoms with E-state index in [2.05, 4.69) is 32.3 Å². The summed E-state index contributed by atoms with van der Waals surface area (Å²) in [5.41, 5.74) is 0. The van der Waals surface area contributed by atoms with Gasteiger partial charge in [-0.05, 0) is 18.2 Å². The average Bonchev–Trinajstić information content (AvgIpc) is 2.76. The molecule has 96 valence electrons. The van der Waals surface area contributed by atoms with Gasteiger partial charge in [0, 0.05) is 13.6 Å². The number of hydrogen-bond acceptors (Lipinski definition) is 6. The lowest BCUT2D eigenvalue weighted by molar-refractivity contribution is 0.684. The lowest BCUT2D eigenvalue weighted by Gasteiger charge is -2.06. The number of nitrogens with one attached hydrogen (secondary N) is 1. The number of nitrogens with zero attached hydrogens (tertiary/aromatic N) is 5. The van der Waals surface area contributed by atoms with E-state index in [1.165, 1.54) is 18.1 Å². The smallest absolute Gasteiger partial charge is 0.223 e. The van der Waals surface area contributed by atoms with Crippen LogP contribution in [0.5, 0.6) is 0 Å². The molecule has 0 bridgehead atoms. The monoisotopic (exact) mass is 284 g/mol. The van der Waals surface area contributed by atoms with E-state index in [0.717, 1.165) is 18.1 Å². The van der Waals surface area contributed by atoms with Gasteiger partial charge in [-0.1, -0.05) is 18.5 Å². The fourth-order valence-electron chi connectivity index (χ4n) is 1.21. The normalized spacial score (nSPS) is 10.6. The molecule has 0 aliphatic carbocycles. The Bertz CT molecular complexity index is 529. The van der Waals surface area contributed by atoms with Crippen molar-refractivity contribution in [1.29, 1.82) is 0 Å². The minimum atomic E-state index is 0.505. The summed E-state index contributed by atoms with van der Waals surface area (Å²) in [5.74, 6) is 0.575. The van der Waals surface area contributed by atoms with Crippen molar-refractivity contribution in [2.45, 2.75) is 23.5 Å². The Kier molecular flexibility index (Phi) is 4.38. The quantitative estimate of drug-likeness (QED) is 0.849. The Morgan fingerprint density at radius 2 is 2.28 bits per heavy atom. The standard InChI is InChI=1S/C10H13ClN6S/c1-3-4-12-9-13-5-7(11)8(16-9)18-10-14-6-15-17(10)2/h5-6H,3-4H2,1-2H3,(H,12,13,16). The molecule has 0 saturated heterocycles. The Morgan fingerprint density at radius 3 is 2.94 bits per heavy atom. The van der Waals surface area contributed by atoms with Crippen molar-refractivity contribution in [3.05, 3.63) is 17.5 Å². The predicted molar refractivity (Wildman–Crippen MR) is 70.9 cm³/mol. The van der Waals surface area contributed by atoms with Gasteiger partial charge in [0.1, 0.15) is 11.4 Å². The van der Waals surface area contributed by atoms with Crippen LogP contribution in [-0.4, -0.2) is 31.3 Å². The van der Waals surface area contributed by atoms with Gasteiger partial charge < -0.3 is 5.32 Å². The van der Waals surface area contributed by atoms with Crippen molar-refractivity contribution in [2.75, 3.05) is 11.9 Å². The maximum absolute atomic E-state index is 6.07. The topological polar surface area (TPSA) is 68.5 Å². The minimum absolute atomic E-state index is 0.505. The van der Waals surface area contributed by atoms with E-state index in [4.69, 9.17) is 11.6 Å². The zero-order chi connectivity index (χ0) is 13.0. The maximum Gasteiger partial charge on any atom is 0.223 e. The van der Waals surface area contributed by atoms with E-state index in [1.54, 1.807) is 10.9 Å². The Hall–Kier alpha value is -1.34. The van der Waals surface area contributed by atoms with E-state index in [9.17, 15) is 0 Å². The third-order valence-corrected chi connectivity index (χ3v) is 3.55. The third kappa shape index (κ3) is 3.11. The SMILES string of the molecule is CCCNc1ncc(Cl)c(Sc2ncnn2C)n1. The van der Waals surface area contributed by atoms with Crippen LogP contribution in [0.4, 0.5) is 5.95 Å². The molecule has 0 aliphatic heterocycles. The minimum Gasteiger partial charge on any atom is -0.354 e. The third-order valence-electron chi connectivity index (χ3n) is 2.10. The van der Waals surface area contributed by atoms with Gasteiger partial charge in [0.15, 0.2) is 5.16 Å². The van der Waals surface area contributed by atoms with Crippen molar-refractivity contribution in [1.82, 2.24) is 24.7 Å². The molecule has 6 nitrogen and oxygen atoms in total. The Balaban J connectivity index is 2.18. The molecule has 2 heterocycles. The zero-order valence-electron chi connectivity index (χ0n) is 10.1. The highest BCUT2D eigenvalue weighted by atomic mass is 35.5. The first kappa shape index (κ1) is 13.1. The number of aromatic nitrogens is 5. The van der Waals surface area contributed by atoms with Crippen molar-refractivity contribution >= 4 is 29.3 Å². The van der Waals surface area contributed by atoms with E-state index in [-0.39, 0.29) is 0 Å². The van der Waals surface area contributed by atoms with Gasteiger partial charge in [-0.15, -0.1) is 0 Å². The molecule has 0 spiro atoms. The van der Waals surface area contributed by atoms with Gasteiger partial charge >= 0.3 is 0 Å². The largest absolute Gasteiger partial charge is 0.354 e. The van der Waals surface area contributed by atoms with Crippen LogP contribution >= 0.6 is 23.4 Å². The van der Waals surface area contributed by atoms with Gasteiger partial charge in [0.05, 0.1) is 11.2 Å². The number of rotatable bonds is 5. The predicted octanol–water partition coefficient (Wildman–Crippen LogP) is 2.23. The van der Waals surface area contributed by atoms with E-state index in [0.29, 0.717) is 16.0 Å². The molecule has 2 aromatic rings. The highest BCUT2D eigenvalue weighted by molar-refractivity contribution is 7.99. The second kappa shape index (κ2) is 6.01. The number of hydrogen-bond donors (Lipinski definition) is 1. The van der Waals surface area contributed by atoms with Gasteiger partial charge in [0.25, 0.3) is 0 Å². The number of aryl methyl sites for hydroxylation is 1. The van der Waals surface area contributed by atoms with Gasteiger partial charge in [-0.25, -0.2) is 19.6 Å². The van der Waals surface area contributed by atoms with Crippen LogP contribution in [0.3, 0.4) is 0 Å². The molecule has 0 aromatic carbocycles. The number of anilines is 1. The van der Waals surface area contributed by atoms with E-state index < -0.39 is 0 Å². The average molecular weight is 285 g/mol. The molecule has 2 aromatic heterocycles.